The van der Waals surface area contributed by atoms with Crippen molar-refractivity contribution in [2.45, 2.75) is 31.7 Å². The maximum absolute atomic E-state index is 2.55. The Morgan fingerprint density at radius 1 is 0.414 bits per heavy atom. The summed E-state index contributed by atoms with van der Waals surface area (Å²) in [6.07, 6.45) is 5.82. The van der Waals surface area contributed by atoms with E-state index in [1.54, 1.807) is 0 Å². The van der Waals surface area contributed by atoms with Crippen LogP contribution in [-0.4, -0.2) is 6.04 Å². The highest BCUT2D eigenvalue weighted by atomic mass is 15.2. The van der Waals surface area contributed by atoms with Crippen LogP contribution in [0.4, 0.5) is 11.4 Å². The Hall–Kier alpha value is -6.96. The maximum Gasteiger partial charge on any atom is 0.0563 e. The van der Waals surface area contributed by atoms with Crippen molar-refractivity contribution in [2.24, 2.45) is 0 Å². The molecule has 58 heavy (non-hydrogen) atoms. The van der Waals surface area contributed by atoms with Crippen molar-refractivity contribution in [2.75, 3.05) is 4.90 Å². The van der Waals surface area contributed by atoms with E-state index in [4.69, 9.17) is 0 Å². The van der Waals surface area contributed by atoms with E-state index in [2.05, 4.69) is 225 Å². The first-order chi connectivity index (χ1) is 28.5. The van der Waals surface area contributed by atoms with Crippen molar-refractivity contribution in [1.29, 1.82) is 0 Å². The molecular formula is C57H43N. The van der Waals surface area contributed by atoms with Crippen LogP contribution in [0.3, 0.4) is 0 Å². The molecule has 1 heteroatoms. The van der Waals surface area contributed by atoms with E-state index in [-0.39, 0.29) is 11.5 Å². The van der Waals surface area contributed by atoms with Gasteiger partial charge in [-0.15, -0.1) is 0 Å². The molecule has 0 aromatic heterocycles. The first-order valence-electron chi connectivity index (χ1n) is 20.5. The van der Waals surface area contributed by atoms with Crippen LogP contribution in [0.5, 0.6) is 0 Å². The highest BCUT2D eigenvalue weighted by molar-refractivity contribution is 6.26. The minimum atomic E-state index is -0.118. The average Bonchev–Trinajstić information content (AvgIpc) is 3.51. The Bertz CT molecular complexity index is 3060. The molecule has 276 valence electrons. The van der Waals surface area contributed by atoms with Gasteiger partial charge in [0.1, 0.15) is 0 Å². The smallest absolute Gasteiger partial charge is 0.0563 e. The molecule has 0 fully saturated rings. The molecular weight excluding hydrogens is 699 g/mol. The largest absolute Gasteiger partial charge is 0.334 e. The lowest BCUT2D eigenvalue weighted by Gasteiger charge is -2.37. The molecule has 11 rings (SSSR count). The van der Waals surface area contributed by atoms with Gasteiger partial charge in [-0.3, -0.25) is 0 Å². The molecule has 0 N–H and O–H groups in total. The van der Waals surface area contributed by atoms with Crippen LogP contribution in [0, 0.1) is 0 Å². The number of anilines is 2. The average molecular weight is 742 g/mol. The fourth-order valence-electron chi connectivity index (χ4n) is 9.85. The number of hydrogen-bond acceptors (Lipinski definition) is 1. The maximum atomic E-state index is 2.55. The summed E-state index contributed by atoms with van der Waals surface area (Å²) in [4.78, 5) is 2.55. The summed E-state index contributed by atoms with van der Waals surface area (Å²) < 4.78 is 0. The molecule has 0 spiro atoms. The zero-order valence-electron chi connectivity index (χ0n) is 32.9. The Morgan fingerprint density at radius 2 is 0.793 bits per heavy atom. The molecule has 0 saturated heterocycles. The topological polar surface area (TPSA) is 3.24 Å². The van der Waals surface area contributed by atoms with E-state index in [0.717, 1.165) is 6.42 Å². The second-order valence-corrected chi connectivity index (χ2v) is 16.5. The lowest BCUT2D eigenvalue weighted by atomic mass is 9.77. The monoisotopic (exact) mass is 741 g/mol. The zero-order valence-corrected chi connectivity index (χ0v) is 32.9. The highest BCUT2D eigenvalue weighted by Gasteiger charge is 2.40. The molecule has 0 radical (unpaired) electrons. The minimum absolute atomic E-state index is 0.118. The lowest BCUT2D eigenvalue weighted by Crippen LogP contribution is -2.33. The van der Waals surface area contributed by atoms with Gasteiger partial charge in [0, 0.05) is 16.8 Å². The van der Waals surface area contributed by atoms with Gasteiger partial charge in [0.05, 0.1) is 6.04 Å². The van der Waals surface area contributed by atoms with Crippen LogP contribution in [-0.2, 0) is 5.41 Å². The van der Waals surface area contributed by atoms with Crippen molar-refractivity contribution in [3.8, 4) is 33.4 Å². The van der Waals surface area contributed by atoms with Gasteiger partial charge < -0.3 is 4.90 Å². The molecule has 0 heterocycles. The van der Waals surface area contributed by atoms with E-state index < -0.39 is 0 Å². The first kappa shape index (κ1) is 34.3. The van der Waals surface area contributed by atoms with Gasteiger partial charge >= 0.3 is 0 Å². The number of hydrogen-bond donors (Lipinski definition) is 0. The Labute approximate surface area is 340 Å². The molecule has 2 aliphatic rings. The number of nitrogens with zero attached hydrogens (tertiary/aromatic N) is 1. The number of fused-ring (bicyclic) bond motifs is 8. The number of allylic oxidation sites excluding steroid dienone is 2. The Kier molecular flexibility index (Phi) is 8.05. The van der Waals surface area contributed by atoms with E-state index >= 15 is 0 Å². The quantitative estimate of drug-likeness (QED) is 0.153. The second kappa shape index (κ2) is 13.6. The van der Waals surface area contributed by atoms with Gasteiger partial charge in [0.25, 0.3) is 0 Å². The molecule has 1 atom stereocenters. The van der Waals surface area contributed by atoms with Gasteiger partial charge in [-0.05, 0) is 131 Å². The van der Waals surface area contributed by atoms with Gasteiger partial charge in [0.2, 0.25) is 0 Å². The Balaban J connectivity index is 0.978. The fraction of sp³-hybridized carbons (Fsp3) is 0.0877. The molecule has 1 unspecified atom stereocenters. The number of rotatable bonds is 6. The molecule has 0 aliphatic heterocycles. The van der Waals surface area contributed by atoms with Crippen LogP contribution >= 0.6 is 0 Å². The summed E-state index contributed by atoms with van der Waals surface area (Å²) in [7, 11) is 0. The van der Waals surface area contributed by atoms with Crippen molar-refractivity contribution in [1.82, 2.24) is 0 Å². The highest BCUT2D eigenvalue weighted by Crippen LogP contribution is 2.53. The molecule has 9 aromatic carbocycles. The third kappa shape index (κ3) is 5.61. The zero-order chi connectivity index (χ0) is 38.8. The van der Waals surface area contributed by atoms with E-state index in [9.17, 15) is 0 Å². The van der Waals surface area contributed by atoms with Crippen molar-refractivity contribution < 1.29 is 0 Å². The van der Waals surface area contributed by atoms with Crippen LogP contribution in [0.15, 0.2) is 212 Å². The van der Waals surface area contributed by atoms with Gasteiger partial charge in [-0.1, -0.05) is 184 Å². The summed E-state index contributed by atoms with van der Waals surface area (Å²) >= 11 is 0. The third-order valence-electron chi connectivity index (χ3n) is 12.9. The van der Waals surface area contributed by atoms with Crippen molar-refractivity contribution >= 4 is 49.3 Å². The van der Waals surface area contributed by atoms with Crippen LogP contribution in [0.1, 0.15) is 31.4 Å². The van der Waals surface area contributed by atoms with E-state index in [0.29, 0.717) is 0 Å². The van der Waals surface area contributed by atoms with Gasteiger partial charge in [-0.25, -0.2) is 0 Å². The third-order valence-corrected chi connectivity index (χ3v) is 12.9. The molecule has 0 amide bonds. The summed E-state index contributed by atoms with van der Waals surface area (Å²) in [6, 6.07) is 71.5. The second-order valence-electron chi connectivity index (χ2n) is 16.5. The molecule has 0 saturated carbocycles. The van der Waals surface area contributed by atoms with Crippen LogP contribution in [0.25, 0.3) is 71.3 Å². The standard InChI is InChI=1S/C57H43N/c1-57(2)55-35-46(33-34-51(55)54-36-52-49-19-11-9-17-47(49)48-18-10-12-20-50(48)53(52)37-56(54)57)58(44-29-25-42(26-30-44)39-15-7-4-8-16-39)45-31-27-43(28-32-45)41-23-21-40(22-24-41)38-13-5-3-6-14-38/h3-34,36-37,46H,35H2,1-2H3. The summed E-state index contributed by atoms with van der Waals surface area (Å²) in [5.41, 5.74) is 15.3. The van der Waals surface area contributed by atoms with Crippen molar-refractivity contribution in [3.05, 3.63) is 223 Å². The minimum Gasteiger partial charge on any atom is -0.334 e. The summed E-state index contributed by atoms with van der Waals surface area (Å²) in [5.74, 6) is 0. The molecule has 2 aliphatic carbocycles. The van der Waals surface area contributed by atoms with E-state index in [1.807, 2.05) is 0 Å². The molecule has 9 aromatic rings. The van der Waals surface area contributed by atoms with Crippen LogP contribution < -0.4 is 4.90 Å². The fourth-order valence-corrected chi connectivity index (χ4v) is 9.85. The van der Waals surface area contributed by atoms with E-state index in [1.165, 1.54) is 99.3 Å². The molecule has 0 bridgehead atoms. The summed E-state index contributed by atoms with van der Waals surface area (Å²) in [5, 5.41) is 7.97. The molecule has 1 nitrogen and oxygen atoms in total. The van der Waals surface area contributed by atoms with Crippen LogP contribution in [0.2, 0.25) is 0 Å². The van der Waals surface area contributed by atoms with Gasteiger partial charge in [-0.2, -0.15) is 0 Å². The SMILES string of the molecule is CC1(C)C2=C(C=CC(N(c3ccc(-c4ccccc4)cc3)c3ccc(-c4ccc(-c5ccccc5)cc4)cc3)C2)c2cc3c4ccccc4c4ccccc4c3cc21. The first-order valence-corrected chi connectivity index (χ1v) is 20.5. The number of benzene rings is 9. The van der Waals surface area contributed by atoms with Crippen molar-refractivity contribution in [3.63, 3.8) is 0 Å². The Morgan fingerprint density at radius 3 is 1.26 bits per heavy atom. The van der Waals surface area contributed by atoms with Gasteiger partial charge in [0.15, 0.2) is 0 Å². The normalized spacial score (nSPS) is 15.5. The predicted octanol–water partition coefficient (Wildman–Crippen LogP) is 15.4. The predicted molar refractivity (Wildman–Crippen MR) is 248 cm³/mol. The summed E-state index contributed by atoms with van der Waals surface area (Å²) in [6.45, 7) is 4.88. The lowest BCUT2D eigenvalue weighted by molar-refractivity contribution is 0.585.